The number of hydrogen-bond donors (Lipinski definition) is 4. The number of aromatic nitrogens is 4. The number of aliphatic hydroxyl groups excluding tert-OH is 1. The van der Waals surface area contributed by atoms with Gasteiger partial charge in [0.25, 0.3) is 0 Å². The van der Waals surface area contributed by atoms with Gasteiger partial charge in [-0.3, -0.25) is 0 Å². The average Bonchev–Trinajstić information content (AvgIpc) is 3.33. The lowest BCUT2D eigenvalue weighted by molar-refractivity contribution is 0.223. The minimum atomic E-state index is -0.926. The van der Waals surface area contributed by atoms with Crippen LogP contribution in [-0.2, 0) is 12.1 Å². The minimum Gasteiger partial charge on any atom is -0.408 e. The van der Waals surface area contributed by atoms with Crippen molar-refractivity contribution in [3.8, 4) is 0 Å². The van der Waals surface area contributed by atoms with E-state index in [1.807, 2.05) is 18.2 Å². The summed E-state index contributed by atoms with van der Waals surface area (Å²) in [6, 6.07) is 10.4. The number of aliphatic hydroxyl groups is 1. The van der Waals surface area contributed by atoms with Gasteiger partial charge in [-0.1, -0.05) is 34.9 Å². The smallest absolute Gasteiger partial charge is 0.315 e. The third-order valence-electron chi connectivity index (χ3n) is 4.82. The van der Waals surface area contributed by atoms with Gasteiger partial charge in [0.15, 0.2) is 0 Å². The van der Waals surface area contributed by atoms with Crippen LogP contribution in [0.2, 0.25) is 5.02 Å². The molecule has 8 nitrogen and oxygen atoms in total. The number of anilines is 2. The molecule has 0 saturated heterocycles. The molecule has 2 heterocycles. The third kappa shape index (κ3) is 3.94. The summed E-state index contributed by atoms with van der Waals surface area (Å²) in [5, 5.41) is 24.0. The molecular weight excluding hydrogens is 411 g/mol. The number of nitrogens with one attached hydrogen (secondary N) is 3. The zero-order valence-electron chi connectivity index (χ0n) is 16.3. The highest BCUT2D eigenvalue weighted by molar-refractivity contribution is 6.30. The number of rotatable bonds is 7. The van der Waals surface area contributed by atoms with Gasteiger partial charge in [-0.25, -0.2) is 9.37 Å². The number of aryl methyl sites for hydroxylation is 1. The second-order valence-electron chi connectivity index (χ2n) is 7.12. The maximum atomic E-state index is 13.5. The van der Waals surface area contributed by atoms with Crippen molar-refractivity contribution in [3.63, 3.8) is 0 Å². The third-order valence-corrected chi connectivity index (χ3v) is 5.11. The summed E-state index contributed by atoms with van der Waals surface area (Å²) in [7, 11) is 0. The highest BCUT2D eigenvalue weighted by atomic mass is 35.5. The van der Waals surface area contributed by atoms with Gasteiger partial charge in [0, 0.05) is 13.5 Å². The van der Waals surface area contributed by atoms with Crippen molar-refractivity contribution in [1.29, 1.82) is 0 Å². The molecule has 0 aliphatic carbocycles. The van der Waals surface area contributed by atoms with E-state index in [-0.39, 0.29) is 11.6 Å². The lowest BCUT2D eigenvalue weighted by Gasteiger charge is -2.29. The molecule has 1 atom stereocenters. The fourth-order valence-corrected chi connectivity index (χ4v) is 3.32. The fourth-order valence-electron chi connectivity index (χ4n) is 3.14. The van der Waals surface area contributed by atoms with E-state index in [1.165, 1.54) is 12.1 Å². The molecule has 0 fully saturated rings. The van der Waals surface area contributed by atoms with E-state index in [0.29, 0.717) is 30.0 Å². The Morgan fingerprint density at radius 3 is 2.80 bits per heavy atom. The average molecular weight is 431 g/mol. The van der Waals surface area contributed by atoms with Crippen molar-refractivity contribution >= 4 is 34.6 Å². The van der Waals surface area contributed by atoms with Crippen molar-refractivity contribution in [3.05, 3.63) is 64.3 Å². The van der Waals surface area contributed by atoms with E-state index in [0.717, 1.165) is 16.6 Å². The number of halogens is 2. The van der Waals surface area contributed by atoms with Gasteiger partial charge in [0.1, 0.15) is 5.82 Å². The minimum absolute atomic E-state index is 0.0109. The molecule has 30 heavy (non-hydrogen) atoms. The molecule has 4 rings (SSSR count). The largest absolute Gasteiger partial charge is 0.408 e. The van der Waals surface area contributed by atoms with Crippen LogP contribution in [0.5, 0.6) is 0 Å². The summed E-state index contributed by atoms with van der Waals surface area (Å²) in [5.41, 5.74) is 2.19. The summed E-state index contributed by atoms with van der Waals surface area (Å²) in [4.78, 5) is 7.84. The lowest BCUT2D eigenvalue weighted by Crippen LogP contribution is -2.36. The number of para-hydroxylation sites is 1. The van der Waals surface area contributed by atoms with Crippen molar-refractivity contribution < 1.29 is 13.9 Å². The molecule has 0 spiro atoms. The molecule has 2 aromatic heterocycles. The number of hydrogen-bond acceptors (Lipinski definition) is 7. The topological polar surface area (TPSA) is 112 Å². The predicted octanol–water partition coefficient (Wildman–Crippen LogP) is 3.98. The van der Waals surface area contributed by atoms with Gasteiger partial charge in [-0.05, 0) is 36.2 Å². The Labute approximate surface area is 176 Å². The van der Waals surface area contributed by atoms with E-state index in [9.17, 15) is 9.50 Å². The molecule has 0 bridgehead atoms. The monoisotopic (exact) mass is 430 g/mol. The lowest BCUT2D eigenvalue weighted by atomic mass is 9.93. The highest BCUT2D eigenvalue weighted by Gasteiger charge is 2.28. The first-order chi connectivity index (χ1) is 14.4. The fraction of sp³-hybridized carbons (Fsp3) is 0.250. The zero-order valence-corrected chi connectivity index (χ0v) is 17.1. The summed E-state index contributed by atoms with van der Waals surface area (Å²) < 4.78 is 18.9. The second kappa shape index (κ2) is 7.92. The van der Waals surface area contributed by atoms with Crippen molar-refractivity contribution in [2.75, 3.05) is 17.2 Å². The first-order valence-electron chi connectivity index (χ1n) is 9.24. The number of aromatic amines is 1. The van der Waals surface area contributed by atoms with E-state index in [2.05, 4.69) is 30.8 Å². The van der Waals surface area contributed by atoms with Crippen LogP contribution < -0.4 is 10.6 Å². The normalized spacial score (nSPS) is 13.4. The maximum Gasteiger partial charge on any atom is 0.315 e. The Kier molecular flexibility index (Phi) is 5.31. The molecule has 0 aliphatic heterocycles. The molecular formula is C20H20ClFN6O2. The van der Waals surface area contributed by atoms with Crippen LogP contribution in [0.3, 0.4) is 0 Å². The van der Waals surface area contributed by atoms with E-state index >= 15 is 0 Å². The Morgan fingerprint density at radius 1 is 1.27 bits per heavy atom. The molecule has 0 aliphatic rings. The Morgan fingerprint density at radius 2 is 2.10 bits per heavy atom. The molecule has 4 aromatic rings. The van der Waals surface area contributed by atoms with Crippen molar-refractivity contribution in [2.45, 2.75) is 25.9 Å². The molecule has 10 heteroatoms. The maximum absolute atomic E-state index is 13.5. The molecule has 0 radical (unpaired) electrons. The van der Waals surface area contributed by atoms with Crippen LogP contribution >= 0.6 is 11.6 Å². The molecule has 4 N–H and O–H groups in total. The summed E-state index contributed by atoms with van der Waals surface area (Å²) in [6.45, 7) is 3.69. The van der Waals surface area contributed by atoms with Crippen LogP contribution in [0.25, 0.3) is 11.0 Å². The Hall–Kier alpha value is -3.17. The standard InChI is InChI=1S/C20H20ClFN6O2/c1-11-27-28-19(30-11)23-9-12-4-3-5-16-17(12)25-18(24-16)26-20(2,10-29)13-6-7-15(22)14(21)8-13/h3-8,29H,9-10H2,1-2H3,(H,23,28)(H2,24,25,26). The van der Waals surface area contributed by atoms with Crippen LogP contribution in [0.15, 0.2) is 40.8 Å². The van der Waals surface area contributed by atoms with Gasteiger partial charge in [0.2, 0.25) is 11.8 Å². The Bertz CT molecular complexity index is 1190. The van der Waals surface area contributed by atoms with Crippen molar-refractivity contribution in [2.24, 2.45) is 0 Å². The predicted molar refractivity (Wildman–Crippen MR) is 112 cm³/mol. The van der Waals surface area contributed by atoms with E-state index < -0.39 is 11.4 Å². The van der Waals surface area contributed by atoms with Gasteiger partial charge < -0.3 is 25.1 Å². The van der Waals surface area contributed by atoms with Crippen LogP contribution in [0, 0.1) is 12.7 Å². The van der Waals surface area contributed by atoms with Gasteiger partial charge in [0.05, 0.1) is 28.2 Å². The van der Waals surface area contributed by atoms with Crippen molar-refractivity contribution in [1.82, 2.24) is 20.2 Å². The molecule has 156 valence electrons. The molecule has 0 saturated carbocycles. The highest BCUT2D eigenvalue weighted by Crippen LogP contribution is 2.29. The summed E-state index contributed by atoms with van der Waals surface area (Å²) in [5.74, 6) is 0.423. The number of nitrogens with zero attached hydrogens (tertiary/aromatic N) is 3. The zero-order chi connectivity index (χ0) is 21.3. The van der Waals surface area contributed by atoms with E-state index in [4.69, 9.17) is 16.0 Å². The van der Waals surface area contributed by atoms with Crippen LogP contribution in [0.4, 0.5) is 16.4 Å². The number of imidazole rings is 1. The Balaban J connectivity index is 1.60. The first kappa shape index (κ1) is 20.1. The number of fused-ring (bicyclic) bond motifs is 1. The van der Waals surface area contributed by atoms with Crippen LogP contribution in [0.1, 0.15) is 23.9 Å². The number of benzene rings is 2. The molecule has 0 amide bonds. The summed E-state index contributed by atoms with van der Waals surface area (Å²) >= 11 is 5.92. The molecule has 1 unspecified atom stereocenters. The van der Waals surface area contributed by atoms with E-state index in [1.54, 1.807) is 19.9 Å². The SMILES string of the molecule is Cc1nnc(NCc2cccc3[nH]c(NC(C)(CO)c4ccc(F)c(Cl)c4)nc23)o1. The van der Waals surface area contributed by atoms with Crippen LogP contribution in [-0.4, -0.2) is 31.9 Å². The van der Waals surface area contributed by atoms with Gasteiger partial charge >= 0.3 is 6.01 Å². The van der Waals surface area contributed by atoms with Gasteiger partial charge in [-0.2, -0.15) is 0 Å². The molecule has 2 aromatic carbocycles. The number of H-pyrrole nitrogens is 1. The second-order valence-corrected chi connectivity index (χ2v) is 7.53. The quantitative estimate of drug-likeness (QED) is 0.351. The summed E-state index contributed by atoms with van der Waals surface area (Å²) in [6.07, 6.45) is 0. The van der Waals surface area contributed by atoms with Gasteiger partial charge in [-0.15, -0.1) is 5.10 Å². The first-order valence-corrected chi connectivity index (χ1v) is 9.62.